The lowest BCUT2D eigenvalue weighted by molar-refractivity contribution is 0.0941. The Morgan fingerprint density at radius 1 is 1.14 bits per heavy atom. The third-order valence-electron chi connectivity index (χ3n) is 4.30. The second kappa shape index (κ2) is 6.71. The fourth-order valence-electron chi connectivity index (χ4n) is 2.63. The zero-order valence-electron chi connectivity index (χ0n) is 13.9. The van der Waals surface area contributed by atoms with Crippen LogP contribution in [-0.4, -0.2) is 55.4 Å². The molecule has 3 nitrogen and oxygen atoms in total. The van der Waals surface area contributed by atoms with Gasteiger partial charge in [0, 0.05) is 44.7 Å². The van der Waals surface area contributed by atoms with Crippen molar-refractivity contribution in [3.8, 4) is 0 Å². The zero-order valence-corrected chi connectivity index (χ0v) is 13.9. The van der Waals surface area contributed by atoms with Crippen LogP contribution in [0.15, 0.2) is 24.3 Å². The van der Waals surface area contributed by atoms with Crippen LogP contribution in [0.2, 0.25) is 0 Å². The first kappa shape index (κ1) is 16.2. The molecule has 0 N–H and O–H groups in total. The van der Waals surface area contributed by atoms with Crippen molar-refractivity contribution >= 4 is 5.78 Å². The van der Waals surface area contributed by atoms with Crippen LogP contribution in [0.4, 0.5) is 0 Å². The predicted octanol–water partition coefficient (Wildman–Crippen LogP) is 2.80. The van der Waals surface area contributed by atoms with Crippen LogP contribution in [0.3, 0.4) is 0 Å². The summed E-state index contributed by atoms with van der Waals surface area (Å²) in [5, 5.41) is 0. The van der Waals surface area contributed by atoms with Gasteiger partial charge in [-0.25, -0.2) is 0 Å². The number of ketones is 1. The van der Waals surface area contributed by atoms with Gasteiger partial charge in [-0.1, -0.05) is 39.0 Å². The van der Waals surface area contributed by atoms with E-state index in [4.69, 9.17) is 0 Å². The quantitative estimate of drug-likeness (QED) is 0.796. The van der Waals surface area contributed by atoms with Crippen molar-refractivity contribution in [3.05, 3.63) is 35.4 Å². The molecule has 1 heterocycles. The van der Waals surface area contributed by atoms with Crippen molar-refractivity contribution < 1.29 is 4.79 Å². The fourth-order valence-corrected chi connectivity index (χ4v) is 2.63. The molecule has 0 unspecified atom stereocenters. The maximum atomic E-state index is 12.4. The van der Waals surface area contributed by atoms with Gasteiger partial charge >= 0.3 is 0 Å². The molecule has 0 aliphatic carbocycles. The number of likely N-dealkylation sites (N-methyl/N-ethyl adjacent to an activating group) is 1. The minimum Gasteiger partial charge on any atom is -0.304 e. The van der Waals surface area contributed by atoms with Crippen molar-refractivity contribution in [2.75, 3.05) is 39.8 Å². The molecule has 116 valence electrons. The van der Waals surface area contributed by atoms with E-state index in [1.165, 1.54) is 5.56 Å². The second-order valence-electron chi connectivity index (χ2n) is 7.15. The molecule has 21 heavy (non-hydrogen) atoms. The number of Topliss-reactive ketones (excluding diaryl/α,β-unsaturated/α-hetero) is 1. The Bertz CT molecular complexity index is 482. The summed E-state index contributed by atoms with van der Waals surface area (Å²) in [6.07, 6.45) is 0.622. The van der Waals surface area contributed by atoms with Crippen LogP contribution >= 0.6 is 0 Å². The molecule has 1 aliphatic heterocycles. The van der Waals surface area contributed by atoms with Gasteiger partial charge < -0.3 is 9.80 Å². The first-order valence-electron chi connectivity index (χ1n) is 7.91. The Morgan fingerprint density at radius 2 is 1.81 bits per heavy atom. The molecule has 3 heteroatoms. The van der Waals surface area contributed by atoms with Gasteiger partial charge in [0.05, 0.1) is 0 Å². The number of benzene rings is 1. The van der Waals surface area contributed by atoms with Gasteiger partial charge in [-0.15, -0.1) is 0 Å². The van der Waals surface area contributed by atoms with E-state index in [0.717, 1.165) is 38.3 Å². The Hall–Kier alpha value is -1.19. The van der Waals surface area contributed by atoms with E-state index in [1.54, 1.807) is 0 Å². The first-order valence-corrected chi connectivity index (χ1v) is 7.91. The summed E-state index contributed by atoms with van der Waals surface area (Å²) in [4.78, 5) is 17.1. The average molecular weight is 288 g/mol. The summed E-state index contributed by atoms with van der Waals surface area (Å²) >= 11 is 0. The summed E-state index contributed by atoms with van der Waals surface area (Å²) in [6, 6.07) is 8.12. The molecule has 1 aromatic carbocycles. The Balaban J connectivity index is 1.91. The van der Waals surface area contributed by atoms with Crippen molar-refractivity contribution in [2.45, 2.75) is 32.6 Å². The smallest absolute Gasteiger partial charge is 0.164 e. The van der Waals surface area contributed by atoms with Crippen molar-refractivity contribution in [2.24, 2.45) is 0 Å². The third kappa shape index (κ3) is 4.65. The number of piperazine rings is 1. The molecular formula is C18H28N2O. The lowest BCUT2D eigenvalue weighted by Gasteiger charge is -2.32. The minimum atomic E-state index is 0.0910. The molecule has 1 aliphatic rings. The van der Waals surface area contributed by atoms with Crippen molar-refractivity contribution in [1.82, 2.24) is 9.80 Å². The number of rotatable bonds is 4. The number of carbonyl (C=O) groups excluding carboxylic acids is 1. The van der Waals surface area contributed by atoms with Gasteiger partial charge in [0.25, 0.3) is 0 Å². The van der Waals surface area contributed by atoms with E-state index in [0.29, 0.717) is 6.42 Å². The highest BCUT2D eigenvalue weighted by Crippen LogP contribution is 2.23. The van der Waals surface area contributed by atoms with Gasteiger partial charge in [-0.3, -0.25) is 4.79 Å². The van der Waals surface area contributed by atoms with E-state index >= 15 is 0 Å². The molecule has 0 amide bonds. The van der Waals surface area contributed by atoms with Gasteiger partial charge in [0.1, 0.15) is 0 Å². The average Bonchev–Trinajstić information content (AvgIpc) is 2.45. The van der Waals surface area contributed by atoms with E-state index in [-0.39, 0.29) is 11.2 Å². The van der Waals surface area contributed by atoms with E-state index in [1.807, 2.05) is 12.1 Å². The number of nitrogens with zero attached hydrogens (tertiary/aromatic N) is 2. The number of carbonyl (C=O) groups is 1. The Labute approximate surface area is 128 Å². The van der Waals surface area contributed by atoms with Crippen molar-refractivity contribution in [1.29, 1.82) is 0 Å². The maximum Gasteiger partial charge on any atom is 0.164 e. The van der Waals surface area contributed by atoms with Crippen LogP contribution in [-0.2, 0) is 5.41 Å². The molecule has 0 bridgehead atoms. The predicted molar refractivity (Wildman–Crippen MR) is 88.0 cm³/mol. The molecule has 2 rings (SSSR count). The molecular weight excluding hydrogens is 260 g/mol. The summed E-state index contributed by atoms with van der Waals surface area (Å²) in [5.41, 5.74) is 2.18. The van der Waals surface area contributed by atoms with Gasteiger partial charge in [0.2, 0.25) is 0 Å². The van der Waals surface area contributed by atoms with Crippen LogP contribution < -0.4 is 0 Å². The lowest BCUT2D eigenvalue weighted by Crippen LogP contribution is -2.45. The van der Waals surface area contributed by atoms with E-state index < -0.39 is 0 Å². The minimum absolute atomic E-state index is 0.0910. The lowest BCUT2D eigenvalue weighted by atomic mass is 9.85. The topological polar surface area (TPSA) is 23.6 Å². The van der Waals surface area contributed by atoms with E-state index in [2.05, 4.69) is 49.8 Å². The molecule has 0 atom stereocenters. The summed E-state index contributed by atoms with van der Waals surface area (Å²) in [6.45, 7) is 11.8. The molecule has 0 radical (unpaired) electrons. The van der Waals surface area contributed by atoms with Gasteiger partial charge in [0.15, 0.2) is 5.78 Å². The normalized spacial score (nSPS) is 17.9. The molecule has 1 saturated heterocycles. The Morgan fingerprint density at radius 3 is 2.43 bits per heavy atom. The SMILES string of the molecule is CN1CCN(CCC(=O)c2cccc(C(C)(C)C)c2)CC1. The van der Waals surface area contributed by atoms with Crippen LogP contribution in [0.5, 0.6) is 0 Å². The third-order valence-corrected chi connectivity index (χ3v) is 4.30. The maximum absolute atomic E-state index is 12.4. The monoisotopic (exact) mass is 288 g/mol. The highest BCUT2D eigenvalue weighted by molar-refractivity contribution is 5.96. The second-order valence-corrected chi connectivity index (χ2v) is 7.15. The summed E-state index contributed by atoms with van der Waals surface area (Å²) in [5.74, 6) is 0.264. The highest BCUT2D eigenvalue weighted by atomic mass is 16.1. The number of hydrogen-bond acceptors (Lipinski definition) is 3. The zero-order chi connectivity index (χ0) is 15.5. The first-order chi connectivity index (χ1) is 9.86. The molecule has 1 aromatic rings. The highest BCUT2D eigenvalue weighted by Gasteiger charge is 2.17. The number of hydrogen-bond donors (Lipinski definition) is 0. The summed E-state index contributed by atoms with van der Waals surface area (Å²) in [7, 11) is 2.15. The molecule has 1 fully saturated rings. The van der Waals surface area contributed by atoms with Crippen molar-refractivity contribution in [3.63, 3.8) is 0 Å². The molecule has 0 saturated carbocycles. The standard InChI is InChI=1S/C18H28N2O/c1-18(2,3)16-7-5-6-15(14-16)17(21)8-9-20-12-10-19(4)11-13-20/h5-7,14H,8-13H2,1-4H3. The van der Waals surface area contributed by atoms with Gasteiger partial charge in [-0.05, 0) is 24.1 Å². The van der Waals surface area contributed by atoms with Crippen LogP contribution in [0, 0.1) is 0 Å². The molecule has 0 aromatic heterocycles. The van der Waals surface area contributed by atoms with Gasteiger partial charge in [-0.2, -0.15) is 0 Å². The largest absolute Gasteiger partial charge is 0.304 e. The van der Waals surface area contributed by atoms with Crippen LogP contribution in [0.1, 0.15) is 43.1 Å². The fraction of sp³-hybridized carbons (Fsp3) is 0.611. The van der Waals surface area contributed by atoms with Crippen LogP contribution in [0.25, 0.3) is 0 Å². The van der Waals surface area contributed by atoms with E-state index in [9.17, 15) is 4.79 Å². The summed E-state index contributed by atoms with van der Waals surface area (Å²) < 4.78 is 0. The Kier molecular flexibility index (Phi) is 5.17. The molecule has 0 spiro atoms.